The lowest BCUT2D eigenvalue weighted by Gasteiger charge is -2.53. The molecule has 2 aliphatic heterocycles. The van der Waals surface area contributed by atoms with E-state index in [-0.39, 0.29) is 0 Å². The van der Waals surface area contributed by atoms with Gasteiger partial charge in [-0.25, -0.2) is 0 Å². The highest BCUT2D eigenvalue weighted by molar-refractivity contribution is 5.01. The summed E-state index contributed by atoms with van der Waals surface area (Å²) in [6.45, 7) is 8.63. The van der Waals surface area contributed by atoms with E-state index in [4.69, 9.17) is 10.5 Å². The van der Waals surface area contributed by atoms with Gasteiger partial charge >= 0.3 is 0 Å². The molecular weight excluding hydrogens is 188 g/mol. The SMILES string of the molecule is CCOC1C[C@@H]2CN(C(C)C)[C@H]1C[C@@H]2N. The maximum Gasteiger partial charge on any atom is 0.0734 e. The minimum absolute atomic E-state index is 0.404. The molecule has 0 amide bonds. The maximum absolute atomic E-state index is 6.16. The van der Waals surface area contributed by atoms with Gasteiger partial charge in [0.1, 0.15) is 0 Å². The molecule has 2 N–H and O–H groups in total. The Kier molecular flexibility index (Phi) is 3.33. The third-order valence-corrected chi connectivity index (χ3v) is 4.00. The van der Waals surface area contributed by atoms with E-state index in [2.05, 4.69) is 25.7 Å². The Balaban J connectivity index is 2.08. The minimum Gasteiger partial charge on any atom is -0.377 e. The molecule has 3 fully saturated rings. The van der Waals surface area contributed by atoms with Crippen molar-refractivity contribution in [3.05, 3.63) is 0 Å². The van der Waals surface area contributed by atoms with Crippen molar-refractivity contribution in [3.8, 4) is 0 Å². The van der Waals surface area contributed by atoms with Crippen molar-refractivity contribution >= 4 is 0 Å². The van der Waals surface area contributed by atoms with Crippen molar-refractivity contribution in [2.24, 2.45) is 11.7 Å². The molecule has 0 radical (unpaired) electrons. The van der Waals surface area contributed by atoms with Gasteiger partial charge in [0, 0.05) is 31.3 Å². The molecule has 1 aliphatic carbocycles. The zero-order valence-electron chi connectivity index (χ0n) is 10.1. The molecule has 2 heterocycles. The molecule has 1 unspecified atom stereocenters. The first kappa shape index (κ1) is 11.4. The number of fused-ring (bicyclic) bond motifs is 3. The van der Waals surface area contributed by atoms with Crippen molar-refractivity contribution in [3.63, 3.8) is 0 Å². The van der Waals surface area contributed by atoms with E-state index in [0.29, 0.717) is 30.1 Å². The molecule has 1 saturated carbocycles. The zero-order valence-corrected chi connectivity index (χ0v) is 10.1. The first-order valence-corrected chi connectivity index (χ1v) is 6.26. The fraction of sp³-hybridized carbons (Fsp3) is 1.00. The first-order chi connectivity index (χ1) is 7.13. The van der Waals surface area contributed by atoms with Crippen LogP contribution in [-0.2, 0) is 4.74 Å². The van der Waals surface area contributed by atoms with Gasteiger partial charge < -0.3 is 10.5 Å². The van der Waals surface area contributed by atoms with Crippen LogP contribution in [0.2, 0.25) is 0 Å². The minimum atomic E-state index is 0.404. The molecule has 2 bridgehead atoms. The second-order valence-corrected chi connectivity index (χ2v) is 5.25. The van der Waals surface area contributed by atoms with Crippen molar-refractivity contribution in [2.45, 2.75) is 57.8 Å². The van der Waals surface area contributed by atoms with Gasteiger partial charge in [-0.2, -0.15) is 0 Å². The van der Waals surface area contributed by atoms with E-state index in [1.165, 1.54) is 13.0 Å². The highest BCUT2D eigenvalue weighted by atomic mass is 16.5. The summed E-state index contributed by atoms with van der Waals surface area (Å²) in [5.74, 6) is 0.647. The van der Waals surface area contributed by atoms with E-state index in [9.17, 15) is 0 Å². The van der Waals surface area contributed by atoms with E-state index in [0.717, 1.165) is 13.0 Å². The van der Waals surface area contributed by atoms with E-state index in [1.54, 1.807) is 0 Å². The van der Waals surface area contributed by atoms with Crippen LogP contribution < -0.4 is 5.73 Å². The van der Waals surface area contributed by atoms with Crippen LogP contribution in [-0.4, -0.2) is 42.3 Å². The second kappa shape index (κ2) is 4.40. The lowest BCUT2D eigenvalue weighted by Crippen LogP contribution is -2.64. The standard InChI is InChI=1S/C12H24N2O/c1-4-15-12-5-9-7-14(8(2)3)11(12)6-10(9)13/h8-12H,4-7,13H2,1-3H3/t9-,10+,11+,12?/m1/s1. The average Bonchev–Trinajstić information content (AvgIpc) is 2.19. The van der Waals surface area contributed by atoms with Crippen LogP contribution in [0, 0.1) is 5.92 Å². The number of hydrogen-bond acceptors (Lipinski definition) is 3. The molecular formula is C12H24N2O. The summed E-state index contributed by atoms with van der Waals surface area (Å²) >= 11 is 0. The maximum atomic E-state index is 6.16. The molecule has 88 valence electrons. The highest BCUT2D eigenvalue weighted by Crippen LogP contribution is 2.37. The normalized spacial score (nSPS) is 41.4. The summed E-state index contributed by atoms with van der Waals surface area (Å²) in [4.78, 5) is 2.58. The summed E-state index contributed by atoms with van der Waals surface area (Å²) in [5.41, 5.74) is 6.16. The predicted molar refractivity (Wildman–Crippen MR) is 61.7 cm³/mol. The second-order valence-electron chi connectivity index (χ2n) is 5.25. The molecule has 2 saturated heterocycles. The zero-order chi connectivity index (χ0) is 11.0. The molecule has 0 aromatic heterocycles. The Labute approximate surface area is 93.0 Å². The van der Waals surface area contributed by atoms with Crippen LogP contribution in [0.5, 0.6) is 0 Å². The molecule has 0 aromatic rings. The predicted octanol–water partition coefficient (Wildman–Crippen LogP) is 1.22. The number of rotatable bonds is 3. The molecule has 4 atom stereocenters. The summed E-state index contributed by atoms with van der Waals surface area (Å²) in [5, 5.41) is 0. The van der Waals surface area contributed by atoms with Crippen LogP contribution in [0.4, 0.5) is 0 Å². The molecule has 3 rings (SSSR count). The van der Waals surface area contributed by atoms with Crippen LogP contribution >= 0.6 is 0 Å². The lowest BCUT2D eigenvalue weighted by atomic mass is 9.74. The Morgan fingerprint density at radius 2 is 2.13 bits per heavy atom. The number of hydrogen-bond donors (Lipinski definition) is 1. The summed E-state index contributed by atoms with van der Waals surface area (Å²) in [7, 11) is 0. The fourth-order valence-electron chi connectivity index (χ4n) is 3.21. The topological polar surface area (TPSA) is 38.5 Å². The molecule has 3 aliphatic rings. The van der Waals surface area contributed by atoms with Gasteiger partial charge in [-0.05, 0) is 39.5 Å². The highest BCUT2D eigenvalue weighted by Gasteiger charge is 2.45. The van der Waals surface area contributed by atoms with Gasteiger partial charge in [0.05, 0.1) is 6.10 Å². The van der Waals surface area contributed by atoms with Crippen molar-refractivity contribution in [1.82, 2.24) is 4.90 Å². The van der Waals surface area contributed by atoms with E-state index >= 15 is 0 Å². The van der Waals surface area contributed by atoms with Crippen LogP contribution in [0.3, 0.4) is 0 Å². The van der Waals surface area contributed by atoms with Crippen LogP contribution in [0.1, 0.15) is 33.6 Å². The molecule has 3 heteroatoms. The molecule has 0 aromatic carbocycles. The molecule has 3 nitrogen and oxygen atoms in total. The number of ether oxygens (including phenoxy) is 1. The Hall–Kier alpha value is -0.120. The van der Waals surface area contributed by atoms with Gasteiger partial charge in [0.15, 0.2) is 0 Å². The monoisotopic (exact) mass is 212 g/mol. The van der Waals surface area contributed by atoms with Gasteiger partial charge in [0.2, 0.25) is 0 Å². The smallest absolute Gasteiger partial charge is 0.0734 e. The molecule has 15 heavy (non-hydrogen) atoms. The van der Waals surface area contributed by atoms with Gasteiger partial charge in [-0.15, -0.1) is 0 Å². The third-order valence-electron chi connectivity index (χ3n) is 4.00. The summed E-state index contributed by atoms with van der Waals surface area (Å²) < 4.78 is 5.85. The van der Waals surface area contributed by atoms with Crippen molar-refractivity contribution in [2.75, 3.05) is 13.2 Å². The third kappa shape index (κ3) is 2.05. The Morgan fingerprint density at radius 3 is 2.67 bits per heavy atom. The van der Waals surface area contributed by atoms with Crippen LogP contribution in [0.15, 0.2) is 0 Å². The summed E-state index contributed by atoms with van der Waals surface area (Å²) in [6, 6.07) is 1.58. The van der Waals surface area contributed by atoms with Gasteiger partial charge in [0.25, 0.3) is 0 Å². The van der Waals surface area contributed by atoms with Gasteiger partial charge in [-0.3, -0.25) is 4.90 Å². The average molecular weight is 212 g/mol. The van der Waals surface area contributed by atoms with E-state index < -0.39 is 0 Å². The Morgan fingerprint density at radius 1 is 1.40 bits per heavy atom. The first-order valence-electron chi connectivity index (χ1n) is 6.26. The quantitative estimate of drug-likeness (QED) is 0.764. The number of piperidine rings is 2. The number of nitrogens with two attached hydrogens (primary N) is 1. The summed E-state index contributed by atoms with van der Waals surface area (Å²) in [6.07, 6.45) is 2.71. The number of nitrogens with zero attached hydrogens (tertiary/aromatic N) is 1. The Bertz CT molecular complexity index is 220. The fourth-order valence-corrected chi connectivity index (χ4v) is 3.21. The lowest BCUT2D eigenvalue weighted by molar-refractivity contribution is -0.104. The van der Waals surface area contributed by atoms with Gasteiger partial charge in [-0.1, -0.05) is 0 Å². The van der Waals surface area contributed by atoms with Crippen molar-refractivity contribution in [1.29, 1.82) is 0 Å². The van der Waals surface area contributed by atoms with Crippen LogP contribution in [0.25, 0.3) is 0 Å². The molecule has 0 spiro atoms. The largest absolute Gasteiger partial charge is 0.377 e. The van der Waals surface area contributed by atoms with E-state index in [1.807, 2.05) is 0 Å². The van der Waals surface area contributed by atoms with Crippen molar-refractivity contribution < 1.29 is 4.74 Å².